The standard InChI is InChI=1S/C34H29FN10/c35-24-7-8-28(40-17-24)29-21-45-20-27(26-2-1-12-39-34(26)37)33(30(45)18-41-29)23-5-3-22(4-6-23)19-44-14-10-25(11-15-44)42-31-9-13-38-32(16-36)43-31/h1-9,12-13,17-18,20-21,25H,10-11,14-15,19H2,(H2,37,39)(H,38,42,43). The topological polar surface area (TPSA) is 134 Å². The van der Waals surface area contributed by atoms with E-state index in [2.05, 4.69) is 59.4 Å². The molecular formula is C34H29FN10. The zero-order chi connectivity index (χ0) is 30.8. The van der Waals surface area contributed by atoms with Gasteiger partial charge in [0.05, 0.1) is 23.6 Å². The van der Waals surface area contributed by atoms with Crippen molar-refractivity contribution in [2.75, 3.05) is 24.1 Å². The number of nitrogens with zero attached hydrogens (tertiary/aromatic N) is 8. The van der Waals surface area contributed by atoms with Crippen molar-refractivity contribution in [1.29, 1.82) is 5.26 Å². The van der Waals surface area contributed by atoms with Crippen LogP contribution in [0.5, 0.6) is 0 Å². The minimum Gasteiger partial charge on any atom is -0.383 e. The van der Waals surface area contributed by atoms with Gasteiger partial charge in [-0.15, -0.1) is 0 Å². The summed E-state index contributed by atoms with van der Waals surface area (Å²) in [5.74, 6) is 0.924. The van der Waals surface area contributed by atoms with E-state index < -0.39 is 5.82 Å². The van der Waals surface area contributed by atoms with Crippen LogP contribution in [0.3, 0.4) is 0 Å². The molecule has 6 heterocycles. The number of hydrogen-bond acceptors (Lipinski definition) is 9. The number of anilines is 2. The number of halogens is 1. The molecular weight excluding hydrogens is 567 g/mol. The van der Waals surface area contributed by atoms with Gasteiger partial charge in [0.1, 0.15) is 29.2 Å². The molecule has 0 unspecified atom stereocenters. The maximum Gasteiger partial charge on any atom is 0.234 e. The van der Waals surface area contributed by atoms with E-state index in [0.717, 1.165) is 60.2 Å². The van der Waals surface area contributed by atoms with Crippen molar-refractivity contribution < 1.29 is 4.39 Å². The molecule has 0 radical (unpaired) electrons. The Kier molecular flexibility index (Phi) is 7.55. The Morgan fingerprint density at radius 2 is 1.71 bits per heavy atom. The normalized spacial score (nSPS) is 14.0. The van der Waals surface area contributed by atoms with E-state index in [0.29, 0.717) is 29.1 Å². The lowest BCUT2D eigenvalue weighted by Gasteiger charge is -2.32. The van der Waals surface area contributed by atoms with E-state index >= 15 is 0 Å². The highest BCUT2D eigenvalue weighted by Crippen LogP contribution is 2.39. The summed E-state index contributed by atoms with van der Waals surface area (Å²) >= 11 is 0. The molecule has 0 spiro atoms. The van der Waals surface area contributed by atoms with Crippen LogP contribution in [-0.2, 0) is 6.54 Å². The van der Waals surface area contributed by atoms with Crippen LogP contribution in [-0.4, -0.2) is 53.4 Å². The largest absolute Gasteiger partial charge is 0.383 e. The minimum absolute atomic E-state index is 0.175. The summed E-state index contributed by atoms with van der Waals surface area (Å²) < 4.78 is 15.5. The van der Waals surface area contributed by atoms with Crippen molar-refractivity contribution in [3.63, 3.8) is 0 Å². The molecule has 0 amide bonds. The third kappa shape index (κ3) is 5.91. The van der Waals surface area contributed by atoms with Gasteiger partial charge in [-0.3, -0.25) is 14.9 Å². The Balaban J connectivity index is 1.11. The first kappa shape index (κ1) is 28.1. The van der Waals surface area contributed by atoms with Gasteiger partial charge in [-0.05, 0) is 54.3 Å². The van der Waals surface area contributed by atoms with Crippen LogP contribution in [0.25, 0.3) is 39.2 Å². The summed E-state index contributed by atoms with van der Waals surface area (Å²) in [6, 6.07) is 19.6. The lowest BCUT2D eigenvalue weighted by atomic mass is 9.97. The van der Waals surface area contributed by atoms with Crippen molar-refractivity contribution in [3.05, 3.63) is 109 Å². The quantitative estimate of drug-likeness (QED) is 0.242. The molecule has 1 saturated heterocycles. The lowest BCUT2D eigenvalue weighted by Crippen LogP contribution is -2.38. The average Bonchev–Trinajstić information content (AvgIpc) is 3.45. The van der Waals surface area contributed by atoms with E-state index in [1.54, 1.807) is 24.5 Å². The van der Waals surface area contributed by atoms with Gasteiger partial charge in [-0.2, -0.15) is 5.26 Å². The number of nitriles is 1. The number of aromatic nitrogens is 6. The predicted octanol–water partition coefficient (Wildman–Crippen LogP) is 5.58. The van der Waals surface area contributed by atoms with Gasteiger partial charge in [0.15, 0.2) is 0 Å². The molecule has 222 valence electrons. The van der Waals surface area contributed by atoms with E-state index in [9.17, 15) is 4.39 Å². The Labute approximate surface area is 259 Å². The third-order valence-electron chi connectivity index (χ3n) is 8.12. The molecule has 1 fully saturated rings. The second-order valence-corrected chi connectivity index (χ2v) is 11.0. The van der Waals surface area contributed by atoms with Gasteiger partial charge >= 0.3 is 0 Å². The maximum absolute atomic E-state index is 13.5. The van der Waals surface area contributed by atoms with Crippen LogP contribution in [0.15, 0.2) is 91.8 Å². The molecule has 6 aromatic rings. The van der Waals surface area contributed by atoms with Crippen molar-refractivity contribution in [1.82, 2.24) is 34.2 Å². The highest BCUT2D eigenvalue weighted by atomic mass is 19.1. The smallest absolute Gasteiger partial charge is 0.234 e. The van der Waals surface area contributed by atoms with Crippen LogP contribution in [0.2, 0.25) is 0 Å². The Morgan fingerprint density at radius 3 is 2.47 bits per heavy atom. The molecule has 11 heteroatoms. The van der Waals surface area contributed by atoms with Gasteiger partial charge in [0, 0.05) is 67.2 Å². The Bertz CT molecular complexity index is 2010. The summed E-state index contributed by atoms with van der Waals surface area (Å²) in [5.41, 5.74) is 13.5. The summed E-state index contributed by atoms with van der Waals surface area (Å²) in [4.78, 5) is 23.8. The highest BCUT2D eigenvalue weighted by Gasteiger charge is 2.21. The molecule has 7 rings (SSSR count). The van der Waals surface area contributed by atoms with E-state index in [-0.39, 0.29) is 5.82 Å². The molecule has 0 aliphatic carbocycles. The predicted molar refractivity (Wildman–Crippen MR) is 170 cm³/mol. The first-order valence-electron chi connectivity index (χ1n) is 14.7. The van der Waals surface area contributed by atoms with E-state index in [1.807, 2.05) is 41.2 Å². The van der Waals surface area contributed by atoms with Crippen LogP contribution < -0.4 is 11.1 Å². The third-order valence-corrected chi connectivity index (χ3v) is 8.12. The number of benzene rings is 1. The number of hydrogen-bond donors (Lipinski definition) is 2. The molecule has 3 N–H and O–H groups in total. The average molecular weight is 597 g/mol. The fourth-order valence-electron chi connectivity index (χ4n) is 5.86. The summed E-state index contributed by atoms with van der Waals surface area (Å²) in [7, 11) is 0. The van der Waals surface area contributed by atoms with Gasteiger partial charge < -0.3 is 15.5 Å². The van der Waals surface area contributed by atoms with Crippen molar-refractivity contribution in [2.24, 2.45) is 0 Å². The Morgan fingerprint density at radius 1 is 0.889 bits per heavy atom. The minimum atomic E-state index is -0.392. The number of nitrogens with one attached hydrogen (secondary N) is 1. The molecule has 0 atom stereocenters. The zero-order valence-electron chi connectivity index (χ0n) is 24.3. The first-order valence-corrected chi connectivity index (χ1v) is 14.7. The number of nitrogen functional groups attached to an aromatic ring is 1. The van der Waals surface area contributed by atoms with Gasteiger partial charge in [0.25, 0.3) is 0 Å². The fraction of sp³-hybridized carbons (Fsp3) is 0.176. The molecule has 1 aliphatic rings. The molecule has 0 saturated carbocycles. The van der Waals surface area contributed by atoms with Gasteiger partial charge in [-0.25, -0.2) is 19.3 Å². The first-order chi connectivity index (χ1) is 22.0. The van der Waals surface area contributed by atoms with Crippen molar-refractivity contribution in [2.45, 2.75) is 25.4 Å². The number of fused-ring (bicyclic) bond motifs is 1. The SMILES string of the molecule is N#Cc1nccc(NC2CCN(Cc3ccc(-c4c(-c5cccnc5N)cn5cc(-c6ccc(F)cn6)ncc45)cc3)CC2)n1. The summed E-state index contributed by atoms with van der Waals surface area (Å²) in [6.45, 7) is 2.77. The van der Waals surface area contributed by atoms with Crippen molar-refractivity contribution in [3.8, 4) is 39.7 Å². The number of piperidine rings is 1. The molecule has 10 nitrogen and oxygen atoms in total. The molecule has 5 aromatic heterocycles. The zero-order valence-corrected chi connectivity index (χ0v) is 24.3. The summed E-state index contributed by atoms with van der Waals surface area (Å²) in [5, 5.41) is 12.5. The van der Waals surface area contributed by atoms with Crippen molar-refractivity contribution >= 4 is 17.2 Å². The van der Waals surface area contributed by atoms with Crippen LogP contribution >= 0.6 is 0 Å². The molecule has 45 heavy (non-hydrogen) atoms. The summed E-state index contributed by atoms with van der Waals surface area (Å²) in [6.07, 6.45) is 12.2. The van der Waals surface area contributed by atoms with Crippen LogP contribution in [0, 0.1) is 17.1 Å². The molecule has 0 bridgehead atoms. The van der Waals surface area contributed by atoms with Gasteiger partial charge in [-0.1, -0.05) is 24.3 Å². The van der Waals surface area contributed by atoms with Gasteiger partial charge in [0.2, 0.25) is 5.82 Å². The second-order valence-electron chi connectivity index (χ2n) is 11.0. The fourth-order valence-corrected chi connectivity index (χ4v) is 5.86. The number of rotatable bonds is 7. The van der Waals surface area contributed by atoms with Crippen LogP contribution in [0.4, 0.5) is 16.0 Å². The number of pyridine rings is 2. The highest BCUT2D eigenvalue weighted by molar-refractivity contribution is 5.96. The van der Waals surface area contributed by atoms with E-state index in [1.165, 1.54) is 17.8 Å². The number of nitrogens with two attached hydrogens (primary N) is 1. The molecule has 1 aromatic carbocycles. The monoisotopic (exact) mass is 596 g/mol. The number of likely N-dealkylation sites (tertiary alicyclic amines) is 1. The Hall–Kier alpha value is -5.73. The van der Waals surface area contributed by atoms with Crippen LogP contribution in [0.1, 0.15) is 24.2 Å². The second kappa shape index (κ2) is 12.1. The van der Waals surface area contributed by atoms with E-state index in [4.69, 9.17) is 11.0 Å². The maximum atomic E-state index is 13.5. The lowest BCUT2D eigenvalue weighted by molar-refractivity contribution is 0.211. The molecule has 1 aliphatic heterocycles.